The lowest BCUT2D eigenvalue weighted by molar-refractivity contribution is -0.143. The molecule has 0 aliphatic heterocycles. The lowest BCUT2D eigenvalue weighted by atomic mass is 9.62. The quantitative estimate of drug-likeness (QED) is 0.0634. The van der Waals surface area contributed by atoms with Gasteiger partial charge < -0.3 is 14.6 Å². The molecule has 0 bridgehead atoms. The molecule has 7 rings (SSSR count). The van der Waals surface area contributed by atoms with Crippen molar-refractivity contribution in [3.8, 4) is 0 Å². The summed E-state index contributed by atoms with van der Waals surface area (Å²) in [6, 6.07) is 60.1. The SMILES string of the molecule is COC(=O)/C=C1\C=C(C(c2ccccc2)(c2ccccc2)c2ccccc2)C=CC1(O)C(C(=O)OC)[P+](c1ccccc1)(c1ccccc1)c1ccccc1. The lowest BCUT2D eigenvalue weighted by Gasteiger charge is -2.44. The molecule has 0 heterocycles. The predicted octanol–water partition coefficient (Wildman–Crippen LogP) is 7.88. The Morgan fingerprint density at radius 2 is 0.945 bits per heavy atom. The molecule has 1 N–H and O–H groups in total. The van der Waals surface area contributed by atoms with E-state index in [1.54, 1.807) is 6.08 Å². The van der Waals surface area contributed by atoms with Crippen molar-refractivity contribution < 1.29 is 24.2 Å². The summed E-state index contributed by atoms with van der Waals surface area (Å²) in [5.41, 5.74) is -0.296. The van der Waals surface area contributed by atoms with Gasteiger partial charge in [-0.05, 0) is 70.3 Å². The second kappa shape index (κ2) is 16.1. The van der Waals surface area contributed by atoms with Gasteiger partial charge in [0.2, 0.25) is 5.66 Å². The number of esters is 2. The standard InChI is InChI=1S/C49H42O5P/c1-53-45(50)36-41-35-40(49(37-21-9-3-10-22-37,38-23-11-4-12-24-38)39-25-13-5-14-26-39)33-34-48(41,52)46(47(51)54-2)55(42-27-15-6-16-28-42,43-29-17-7-18-30-43)44-31-19-8-20-32-44/h3-36,46,52H,1-2H3/q+1/b41-36+. The van der Waals surface area contributed by atoms with Gasteiger partial charge in [0.1, 0.15) is 23.2 Å². The van der Waals surface area contributed by atoms with Gasteiger partial charge in [-0.15, -0.1) is 0 Å². The zero-order valence-corrected chi connectivity index (χ0v) is 31.6. The number of methoxy groups -OCH3 is 2. The molecule has 0 amide bonds. The topological polar surface area (TPSA) is 72.8 Å². The van der Waals surface area contributed by atoms with E-state index in [0.717, 1.165) is 38.2 Å². The maximum atomic E-state index is 14.9. The number of carbonyl (C=O) groups is 2. The maximum absolute atomic E-state index is 14.9. The third-order valence-electron chi connectivity index (χ3n) is 10.5. The smallest absolute Gasteiger partial charge is 0.351 e. The molecule has 0 saturated heterocycles. The van der Waals surface area contributed by atoms with Crippen molar-refractivity contribution in [1.82, 2.24) is 0 Å². The molecule has 272 valence electrons. The van der Waals surface area contributed by atoms with Crippen LogP contribution < -0.4 is 15.9 Å². The van der Waals surface area contributed by atoms with Crippen LogP contribution in [0, 0.1) is 0 Å². The Labute approximate surface area is 323 Å². The summed E-state index contributed by atoms with van der Waals surface area (Å²) in [6.07, 6.45) is 6.76. The Bertz CT molecular complexity index is 2130. The number of aliphatic hydroxyl groups is 1. The minimum Gasteiger partial charge on any atom is -0.466 e. The predicted molar refractivity (Wildman–Crippen MR) is 222 cm³/mol. The molecule has 6 heteroatoms. The molecule has 1 aliphatic rings. The number of carbonyl (C=O) groups excluding carboxylic acids is 2. The second-order valence-corrected chi connectivity index (χ2v) is 16.9. The van der Waals surface area contributed by atoms with E-state index in [9.17, 15) is 14.7 Å². The molecule has 1 aliphatic carbocycles. The van der Waals surface area contributed by atoms with Gasteiger partial charge in [0, 0.05) is 6.08 Å². The van der Waals surface area contributed by atoms with E-state index in [0.29, 0.717) is 0 Å². The number of hydrogen-bond donors (Lipinski definition) is 1. The van der Waals surface area contributed by atoms with Gasteiger partial charge in [-0.2, -0.15) is 0 Å². The molecule has 0 radical (unpaired) electrons. The fourth-order valence-electron chi connectivity index (χ4n) is 8.16. The molecule has 2 atom stereocenters. The average molecular weight is 742 g/mol. The molecule has 6 aromatic rings. The van der Waals surface area contributed by atoms with Crippen LogP contribution in [0.3, 0.4) is 0 Å². The van der Waals surface area contributed by atoms with Gasteiger partial charge in [0.25, 0.3) is 0 Å². The van der Waals surface area contributed by atoms with E-state index in [1.807, 2.05) is 158 Å². The Kier molecular flexibility index (Phi) is 10.9. The maximum Gasteiger partial charge on any atom is 0.351 e. The largest absolute Gasteiger partial charge is 0.466 e. The van der Waals surface area contributed by atoms with Crippen LogP contribution in [0.2, 0.25) is 0 Å². The highest BCUT2D eigenvalue weighted by Gasteiger charge is 2.65. The molecule has 55 heavy (non-hydrogen) atoms. The van der Waals surface area contributed by atoms with Gasteiger partial charge in [-0.25, -0.2) is 9.59 Å². The highest BCUT2D eigenvalue weighted by atomic mass is 31.2. The van der Waals surface area contributed by atoms with Crippen LogP contribution in [0.25, 0.3) is 0 Å². The highest BCUT2D eigenvalue weighted by Crippen LogP contribution is 2.65. The van der Waals surface area contributed by atoms with Crippen LogP contribution in [0.4, 0.5) is 0 Å². The Morgan fingerprint density at radius 1 is 0.582 bits per heavy atom. The van der Waals surface area contributed by atoms with Gasteiger partial charge in [0.15, 0.2) is 5.60 Å². The van der Waals surface area contributed by atoms with Crippen LogP contribution >= 0.6 is 7.26 Å². The summed E-state index contributed by atoms with van der Waals surface area (Å²) < 4.78 is 11.0. The summed E-state index contributed by atoms with van der Waals surface area (Å²) in [6.45, 7) is 0. The van der Waals surface area contributed by atoms with E-state index in [4.69, 9.17) is 9.47 Å². The van der Waals surface area contributed by atoms with Gasteiger partial charge in [-0.3, -0.25) is 0 Å². The van der Waals surface area contributed by atoms with Crippen molar-refractivity contribution in [2.24, 2.45) is 0 Å². The van der Waals surface area contributed by atoms with Crippen LogP contribution in [0.1, 0.15) is 16.7 Å². The number of ether oxygens (including phenoxy) is 2. The molecular formula is C49H42O5P+. The van der Waals surface area contributed by atoms with Crippen LogP contribution in [-0.2, 0) is 24.5 Å². The first kappa shape index (κ1) is 37.2. The number of rotatable bonds is 11. The lowest BCUT2D eigenvalue weighted by Crippen LogP contribution is -2.56. The Hall–Kier alpha value is -6.13. The first-order valence-electron chi connectivity index (χ1n) is 18.1. The van der Waals surface area contributed by atoms with Crippen molar-refractivity contribution >= 4 is 35.1 Å². The van der Waals surface area contributed by atoms with E-state index >= 15 is 0 Å². The fourth-order valence-corrected chi connectivity index (χ4v) is 13.1. The van der Waals surface area contributed by atoms with E-state index < -0.39 is 35.9 Å². The van der Waals surface area contributed by atoms with Crippen LogP contribution in [0.5, 0.6) is 0 Å². The molecular weight excluding hydrogens is 700 g/mol. The first-order valence-corrected chi connectivity index (χ1v) is 20.0. The minimum atomic E-state index is -3.19. The number of hydrogen-bond acceptors (Lipinski definition) is 5. The molecule has 5 nitrogen and oxygen atoms in total. The average Bonchev–Trinajstić information content (AvgIpc) is 3.26. The molecule has 0 saturated carbocycles. The molecule has 6 aromatic carbocycles. The third kappa shape index (κ3) is 6.56. The van der Waals surface area contributed by atoms with Crippen molar-refractivity contribution in [3.63, 3.8) is 0 Å². The monoisotopic (exact) mass is 741 g/mol. The van der Waals surface area contributed by atoms with Crippen LogP contribution in [0.15, 0.2) is 217 Å². The zero-order chi connectivity index (χ0) is 38.3. The summed E-state index contributed by atoms with van der Waals surface area (Å²) >= 11 is 0. The van der Waals surface area contributed by atoms with Gasteiger partial charge >= 0.3 is 11.9 Å². The van der Waals surface area contributed by atoms with Gasteiger partial charge in [-0.1, -0.05) is 158 Å². The summed E-state index contributed by atoms with van der Waals surface area (Å²) in [5.74, 6) is -1.29. The molecule has 0 aromatic heterocycles. The Balaban J connectivity index is 1.58. The van der Waals surface area contributed by atoms with Crippen molar-refractivity contribution in [3.05, 3.63) is 234 Å². The second-order valence-electron chi connectivity index (χ2n) is 13.4. The Morgan fingerprint density at radius 3 is 1.29 bits per heavy atom. The van der Waals surface area contributed by atoms with E-state index in [2.05, 4.69) is 36.4 Å². The van der Waals surface area contributed by atoms with Crippen LogP contribution in [-0.4, -0.2) is 42.5 Å². The molecule has 2 unspecified atom stereocenters. The highest BCUT2D eigenvalue weighted by molar-refractivity contribution is 7.97. The number of benzene rings is 6. The number of allylic oxidation sites excluding steroid dienone is 2. The van der Waals surface area contributed by atoms with E-state index in [1.165, 1.54) is 20.3 Å². The molecule has 0 spiro atoms. The summed E-state index contributed by atoms with van der Waals surface area (Å²) in [7, 11) is -0.545. The zero-order valence-electron chi connectivity index (χ0n) is 30.7. The normalized spacial score (nSPS) is 16.9. The third-order valence-corrected chi connectivity index (χ3v) is 15.3. The first-order chi connectivity index (χ1) is 26.9. The van der Waals surface area contributed by atoms with Gasteiger partial charge in [0.05, 0.1) is 19.6 Å². The van der Waals surface area contributed by atoms with Crippen molar-refractivity contribution in [2.75, 3.05) is 14.2 Å². The fraction of sp³-hybridized carbons (Fsp3) is 0.102. The van der Waals surface area contributed by atoms with Crippen molar-refractivity contribution in [1.29, 1.82) is 0 Å². The van der Waals surface area contributed by atoms with Crippen molar-refractivity contribution in [2.45, 2.75) is 16.7 Å². The molecule has 0 fully saturated rings. The summed E-state index contributed by atoms with van der Waals surface area (Å²) in [5, 5.41) is 16.3. The summed E-state index contributed by atoms with van der Waals surface area (Å²) in [4.78, 5) is 28.4. The minimum absolute atomic E-state index is 0.201. The van der Waals surface area contributed by atoms with E-state index in [-0.39, 0.29) is 5.57 Å².